The first-order valence-electron chi connectivity index (χ1n) is 32.3. The standard InChI is InChI=1S/C68H90IN5O23S3/c1-15-70-41-32-90-47(29-45(41)85-10)95-60-55(79)52(74-97-48-28-42(75)62(37(6)91-48)99-63(81)49-33(2)51(69)58(61(88-13)57(49)86-11)96-64-56(80)59(87-12)54(78)36(5)93-64)35(4)92-65(60)94-44-20-18-16-17-19-26-68(83)30-43(76)53(71-66(82)89-14)50(44)40(68)25-27-98-100-67(7,8)31-46(77)73-72-34(3)38-21-23-39(84-9)24-22-38/h16-17,21-25,35-37,41-42,44-45,47-48,52,54-56,59-60,62,64-65,70,74-75,78-80,83H,15,27-32H2,1-14H3,(H,71,82)(H,73,77)/b17-16?,40-25+,72-34+/t35-,36+,37-,41+,42+,44+,45+,47+,48+,52-,54+,55+,56-,59-,60-,62-,64+,65+,68+/m1/s1. The fourth-order valence-electron chi connectivity index (χ4n) is 12.1. The highest BCUT2D eigenvalue weighted by molar-refractivity contribution is 14.1. The van der Waals surface area contributed by atoms with Crippen LogP contribution in [0, 0.1) is 34.2 Å². The van der Waals surface area contributed by atoms with E-state index < -0.39 is 137 Å². The number of alkyl carbamates (subject to hydrolysis) is 1. The summed E-state index contributed by atoms with van der Waals surface area (Å²) >= 11 is 2.81. The summed E-state index contributed by atoms with van der Waals surface area (Å²) in [5, 5.41) is 67.7. The van der Waals surface area contributed by atoms with Crippen molar-refractivity contribution in [1.82, 2.24) is 21.5 Å². The van der Waals surface area contributed by atoms with Crippen molar-refractivity contribution in [3.63, 3.8) is 0 Å². The lowest BCUT2D eigenvalue weighted by molar-refractivity contribution is -0.336. The number of nitrogens with zero attached hydrogens (tertiary/aromatic N) is 1. The molecule has 0 radical (unpaired) electrons. The molecule has 2 aromatic carbocycles. The number of rotatable bonds is 27. The van der Waals surface area contributed by atoms with Gasteiger partial charge in [0.15, 0.2) is 41.8 Å². The molecule has 0 unspecified atom stereocenters. The second kappa shape index (κ2) is 36.5. The zero-order valence-corrected chi connectivity index (χ0v) is 62.6. The van der Waals surface area contributed by atoms with Crippen LogP contribution in [-0.2, 0) is 57.1 Å². The Hall–Kier alpha value is -5.13. The van der Waals surface area contributed by atoms with Gasteiger partial charge in [0.05, 0.1) is 110 Å². The summed E-state index contributed by atoms with van der Waals surface area (Å²) in [5.41, 5.74) is 4.94. The summed E-state index contributed by atoms with van der Waals surface area (Å²) in [6.45, 7) is 14.9. The van der Waals surface area contributed by atoms with E-state index in [0.717, 1.165) is 24.4 Å². The van der Waals surface area contributed by atoms with Crippen LogP contribution < -0.4 is 40.5 Å². The van der Waals surface area contributed by atoms with Gasteiger partial charge in [-0.05, 0) is 125 Å². The number of hydrogen-bond donors (Lipinski definition) is 9. The Morgan fingerprint density at radius 1 is 0.850 bits per heavy atom. The molecule has 4 saturated heterocycles. The van der Waals surface area contributed by atoms with E-state index in [1.807, 2.05) is 55.5 Å². The topological polar surface area (TPSA) is 359 Å². The number of carbonyl (C=O) groups is 4. The molecule has 9 N–H and O–H groups in total. The Balaban J connectivity index is 1.02. The normalized spacial score (nSPS) is 32.0. The van der Waals surface area contributed by atoms with Gasteiger partial charge in [0.2, 0.25) is 23.1 Å². The summed E-state index contributed by atoms with van der Waals surface area (Å²) in [5.74, 6) is 11.4. The molecule has 4 heterocycles. The number of allylic oxidation sites excluding steroid dienone is 3. The first kappa shape index (κ1) is 80.6. The van der Waals surface area contributed by atoms with E-state index in [9.17, 15) is 44.7 Å². The number of hydrazone groups is 1. The second-order valence-corrected chi connectivity index (χ2v) is 30.1. The fraction of sp³-hybridized carbons (Fsp3) is 0.603. The van der Waals surface area contributed by atoms with Gasteiger partial charge in [-0.2, -0.15) is 10.6 Å². The van der Waals surface area contributed by atoms with Crippen LogP contribution in [0.5, 0.6) is 23.0 Å². The van der Waals surface area contributed by atoms with Crippen molar-refractivity contribution in [2.24, 2.45) is 5.10 Å². The van der Waals surface area contributed by atoms with Gasteiger partial charge in [-0.3, -0.25) is 24.5 Å². The number of fused-ring (bicyclic) bond motifs is 2. The Bertz CT molecular complexity index is 3480. The first-order chi connectivity index (χ1) is 47.6. The number of ketones is 1. The van der Waals surface area contributed by atoms with Crippen molar-refractivity contribution < 1.29 is 111 Å². The number of amides is 2. The largest absolute Gasteiger partial charge is 0.497 e. The van der Waals surface area contributed by atoms with Gasteiger partial charge < -0.3 is 92.4 Å². The molecule has 8 rings (SSSR count). The van der Waals surface area contributed by atoms with Gasteiger partial charge in [-0.25, -0.2) is 10.2 Å². The molecule has 100 heavy (non-hydrogen) atoms. The average molecular weight is 1570 g/mol. The van der Waals surface area contributed by atoms with Gasteiger partial charge in [0.1, 0.15) is 42.4 Å². The van der Waals surface area contributed by atoms with Crippen LogP contribution in [0.1, 0.15) is 95.6 Å². The Morgan fingerprint density at radius 3 is 2.22 bits per heavy atom. The molecule has 2 aromatic rings. The number of halogens is 1. The summed E-state index contributed by atoms with van der Waals surface area (Å²) in [6.07, 6.45) is -14.6. The smallest absolute Gasteiger partial charge is 0.411 e. The van der Waals surface area contributed by atoms with Gasteiger partial charge >= 0.3 is 6.09 Å². The minimum atomic E-state index is -2.18. The summed E-state index contributed by atoms with van der Waals surface area (Å²) in [4.78, 5) is 61.6. The molecule has 0 spiro atoms. The van der Waals surface area contributed by atoms with Crippen molar-refractivity contribution in [3.8, 4) is 46.7 Å². The predicted octanol–water partition coefficient (Wildman–Crippen LogP) is 4.64. The van der Waals surface area contributed by atoms with Crippen LogP contribution in [0.4, 0.5) is 4.79 Å². The molecule has 19 atom stereocenters. The van der Waals surface area contributed by atoms with Gasteiger partial charge in [-0.1, -0.05) is 70.0 Å². The van der Waals surface area contributed by atoms with Gasteiger partial charge in [-0.15, -0.1) is 0 Å². The van der Waals surface area contributed by atoms with Crippen molar-refractivity contribution in [3.05, 3.63) is 79.6 Å². The number of hydroxylamine groups is 1. The second-order valence-electron chi connectivity index (χ2n) is 24.8. The van der Waals surface area contributed by atoms with Crippen LogP contribution in [0.25, 0.3) is 0 Å². The molecular formula is C68H90IN5O23S3. The minimum Gasteiger partial charge on any atom is -0.497 e. The van der Waals surface area contributed by atoms with E-state index in [1.54, 1.807) is 67.0 Å². The predicted molar refractivity (Wildman–Crippen MR) is 378 cm³/mol. The summed E-state index contributed by atoms with van der Waals surface area (Å²) in [7, 11) is 11.0. The van der Waals surface area contributed by atoms with E-state index in [-0.39, 0.29) is 83.2 Å². The van der Waals surface area contributed by atoms with Crippen LogP contribution in [0.3, 0.4) is 0 Å². The monoisotopic (exact) mass is 1570 g/mol. The molecule has 0 saturated carbocycles. The summed E-state index contributed by atoms with van der Waals surface area (Å²) < 4.78 is 77.6. The van der Waals surface area contributed by atoms with Crippen molar-refractivity contribution in [2.45, 2.75) is 201 Å². The molecule has 0 aromatic heterocycles. The maximum Gasteiger partial charge on any atom is 0.411 e. The van der Waals surface area contributed by atoms with Crippen LogP contribution in [-0.4, -0.2) is 236 Å². The molecule has 550 valence electrons. The molecule has 2 aliphatic carbocycles. The van der Waals surface area contributed by atoms with Crippen LogP contribution in [0.2, 0.25) is 0 Å². The number of Topliss-reactive ketones (excluding diaryl/α,β-unsaturated/α-hetero) is 1. The number of thioether (sulfide) groups is 1. The lowest BCUT2D eigenvalue weighted by Crippen LogP contribution is -2.65. The molecule has 4 fully saturated rings. The quantitative estimate of drug-likeness (QED) is 0.0147. The maximum absolute atomic E-state index is 14.5. The average Bonchev–Trinajstić information content (AvgIpc) is 0.759. The number of nitrogens with one attached hydrogen (secondary N) is 4. The number of aliphatic hydroxyl groups excluding tert-OH is 4. The van der Waals surface area contributed by atoms with Gasteiger partial charge in [0.25, 0.3) is 0 Å². The highest BCUT2D eigenvalue weighted by Crippen LogP contribution is 2.49. The van der Waals surface area contributed by atoms with E-state index in [4.69, 9.17) is 66.4 Å². The third kappa shape index (κ3) is 19.4. The molecule has 32 heteroatoms. The first-order valence-corrected chi connectivity index (χ1v) is 36.6. The van der Waals surface area contributed by atoms with Crippen molar-refractivity contribution in [2.75, 3.05) is 61.6 Å². The van der Waals surface area contributed by atoms with Crippen LogP contribution in [0.15, 0.2) is 64.4 Å². The van der Waals surface area contributed by atoms with Gasteiger partial charge in [0, 0.05) is 55.1 Å². The fourth-order valence-corrected chi connectivity index (χ4v) is 16.2. The number of carbonyl (C=O) groups excluding carboxylic acids is 4. The molecule has 28 nitrogen and oxygen atoms in total. The highest BCUT2D eigenvalue weighted by Gasteiger charge is 2.52. The molecular weight excluding hydrogens is 1480 g/mol. The number of hydrogen-bond acceptors (Lipinski definition) is 29. The third-order valence-electron chi connectivity index (χ3n) is 17.4. The van der Waals surface area contributed by atoms with Crippen molar-refractivity contribution >= 4 is 84.6 Å². The van der Waals surface area contributed by atoms with E-state index in [0.29, 0.717) is 27.1 Å². The third-order valence-corrected chi connectivity index (χ3v) is 23.2. The number of likely N-dealkylation sites (N-methyl/N-ethyl adjacent to an activating group) is 1. The Kier molecular flexibility index (Phi) is 29.4. The molecule has 2 amide bonds. The number of benzene rings is 2. The van der Waals surface area contributed by atoms with Crippen LogP contribution >= 0.6 is 55.9 Å². The lowest BCUT2D eigenvalue weighted by atomic mass is 9.75. The van der Waals surface area contributed by atoms with E-state index in [2.05, 4.69) is 50.3 Å². The molecule has 4 aliphatic heterocycles. The number of ether oxygens (including phenoxy) is 13. The summed E-state index contributed by atoms with van der Waals surface area (Å²) in [6, 6.07) is 5.91. The zero-order chi connectivity index (χ0) is 72.9. The minimum absolute atomic E-state index is 0.0127. The van der Waals surface area contributed by atoms with E-state index >= 15 is 0 Å². The number of aliphatic hydroxyl groups is 5. The van der Waals surface area contributed by atoms with E-state index in [1.165, 1.54) is 55.1 Å². The maximum atomic E-state index is 14.5. The molecule has 2 bridgehead atoms. The molecule has 6 aliphatic rings. The Morgan fingerprint density at radius 2 is 1.56 bits per heavy atom. The number of methoxy groups -OCH3 is 6. The highest BCUT2D eigenvalue weighted by atomic mass is 127. The SMILES string of the molecule is CCN[C@H]1CO[C@@H](O[C@H]2[C@H](O[C@H]3C#CC=CC#C[C@]4(O)CC(=O)C(NC(=O)OC)=C3/C4=C\CSSC(C)(C)CC(=O)N/N=C(\C)c3ccc(OC)cc3)O[C@H](C)[C@@H](NO[C@H]3C[C@H](O)[C@H](SC(=O)c4c(C)c(I)c(O[C@@H]5O[C@@H](C)[C@H](O)[C@@H](OC)[C@H]5O)c(OC)c4OC)[C@@H](C)O3)[C@@H]2O)C[C@@H]1OC. The zero-order valence-electron chi connectivity index (χ0n) is 58.0. The Labute approximate surface area is 607 Å². The lowest BCUT2D eigenvalue weighted by Gasteiger charge is -2.46. The van der Waals surface area contributed by atoms with Crippen molar-refractivity contribution in [1.29, 1.82) is 0 Å².